The number of carbonyl (C=O) groups excluding carboxylic acids is 1. The van der Waals surface area contributed by atoms with E-state index in [4.69, 9.17) is 4.74 Å². The van der Waals surface area contributed by atoms with Gasteiger partial charge in [-0.1, -0.05) is 6.07 Å². The molecule has 1 amide bonds. The van der Waals surface area contributed by atoms with Crippen LogP contribution >= 0.6 is 0 Å². The number of alkyl halides is 3. The lowest BCUT2D eigenvalue weighted by molar-refractivity contribution is -0.188. The zero-order valence-electron chi connectivity index (χ0n) is 12.5. The molecule has 8 heteroatoms. The zero-order valence-corrected chi connectivity index (χ0v) is 12.5. The van der Waals surface area contributed by atoms with E-state index in [9.17, 15) is 22.8 Å². The van der Waals surface area contributed by atoms with E-state index in [1.54, 1.807) is 12.1 Å². The van der Waals surface area contributed by atoms with Crippen molar-refractivity contribution in [3.05, 3.63) is 34.7 Å². The van der Waals surface area contributed by atoms with Gasteiger partial charge in [0.1, 0.15) is 13.2 Å². The third kappa shape index (κ3) is 6.05. The van der Waals surface area contributed by atoms with E-state index in [0.29, 0.717) is 25.7 Å². The fourth-order valence-electron chi connectivity index (χ4n) is 2.66. The van der Waals surface area contributed by atoms with Crippen molar-refractivity contribution in [2.45, 2.75) is 50.6 Å². The van der Waals surface area contributed by atoms with Gasteiger partial charge in [-0.15, -0.1) is 0 Å². The average molecular weight is 332 g/mol. The smallest absolute Gasteiger partial charge is 0.369 e. The summed E-state index contributed by atoms with van der Waals surface area (Å²) in [4.78, 5) is 23.5. The number of ether oxygens (including phenoxy) is 1. The van der Waals surface area contributed by atoms with Crippen LogP contribution in [0, 0.1) is 0 Å². The van der Waals surface area contributed by atoms with Crippen molar-refractivity contribution in [2.24, 2.45) is 0 Å². The number of hydrogen-bond donors (Lipinski definition) is 1. The maximum Gasteiger partial charge on any atom is 0.411 e. The molecule has 0 aromatic carbocycles. The van der Waals surface area contributed by atoms with E-state index in [1.807, 2.05) is 0 Å². The molecule has 128 valence electrons. The quantitative estimate of drug-likeness (QED) is 0.895. The van der Waals surface area contributed by atoms with Gasteiger partial charge in [0.25, 0.3) is 5.56 Å². The molecule has 2 atom stereocenters. The van der Waals surface area contributed by atoms with Crippen LogP contribution in [-0.2, 0) is 16.1 Å². The summed E-state index contributed by atoms with van der Waals surface area (Å²) in [5.41, 5.74) is -0.280. The van der Waals surface area contributed by atoms with Gasteiger partial charge < -0.3 is 14.6 Å². The van der Waals surface area contributed by atoms with Gasteiger partial charge in [0, 0.05) is 18.3 Å². The van der Waals surface area contributed by atoms with Gasteiger partial charge in [-0.05, 0) is 31.7 Å². The number of pyridine rings is 1. The molecule has 1 heterocycles. The molecule has 1 fully saturated rings. The first-order valence-electron chi connectivity index (χ1n) is 7.47. The lowest BCUT2D eigenvalue weighted by atomic mass is 9.93. The average Bonchev–Trinajstić information content (AvgIpc) is 2.47. The Balaban J connectivity index is 1.81. The molecular weight excluding hydrogens is 313 g/mol. The van der Waals surface area contributed by atoms with Crippen molar-refractivity contribution in [2.75, 3.05) is 6.61 Å². The topological polar surface area (TPSA) is 60.3 Å². The van der Waals surface area contributed by atoms with Crippen LogP contribution in [0.5, 0.6) is 0 Å². The van der Waals surface area contributed by atoms with Gasteiger partial charge in [-0.3, -0.25) is 9.59 Å². The zero-order chi connectivity index (χ0) is 16.9. The highest BCUT2D eigenvalue weighted by molar-refractivity contribution is 5.76. The minimum absolute atomic E-state index is 0.107. The van der Waals surface area contributed by atoms with E-state index >= 15 is 0 Å². The van der Waals surface area contributed by atoms with Gasteiger partial charge >= 0.3 is 6.18 Å². The van der Waals surface area contributed by atoms with Crippen molar-refractivity contribution in [3.8, 4) is 0 Å². The van der Waals surface area contributed by atoms with Crippen LogP contribution < -0.4 is 10.9 Å². The molecule has 1 aliphatic carbocycles. The first-order valence-corrected chi connectivity index (χ1v) is 7.47. The highest BCUT2D eigenvalue weighted by Gasteiger charge is 2.31. The molecule has 1 saturated carbocycles. The van der Waals surface area contributed by atoms with Gasteiger partial charge in [0.05, 0.1) is 6.10 Å². The van der Waals surface area contributed by atoms with E-state index in [0.717, 1.165) is 0 Å². The molecule has 2 unspecified atom stereocenters. The number of carbonyl (C=O) groups is 1. The lowest BCUT2D eigenvalue weighted by Crippen LogP contribution is -2.43. The molecule has 0 spiro atoms. The summed E-state index contributed by atoms with van der Waals surface area (Å²) in [6.07, 6.45) is -1.04. The van der Waals surface area contributed by atoms with Crippen molar-refractivity contribution in [3.63, 3.8) is 0 Å². The lowest BCUT2D eigenvalue weighted by Gasteiger charge is -2.30. The normalized spacial score (nSPS) is 21.9. The largest absolute Gasteiger partial charge is 0.411 e. The van der Waals surface area contributed by atoms with Crippen molar-refractivity contribution < 1.29 is 22.7 Å². The Morgan fingerprint density at radius 2 is 2.13 bits per heavy atom. The third-order valence-electron chi connectivity index (χ3n) is 3.69. The van der Waals surface area contributed by atoms with Crippen molar-refractivity contribution >= 4 is 5.91 Å². The molecule has 5 nitrogen and oxygen atoms in total. The third-order valence-corrected chi connectivity index (χ3v) is 3.69. The van der Waals surface area contributed by atoms with Crippen LogP contribution in [0.25, 0.3) is 0 Å². The van der Waals surface area contributed by atoms with Crippen LogP contribution in [0.1, 0.15) is 25.7 Å². The molecule has 1 aliphatic rings. The Morgan fingerprint density at radius 1 is 1.35 bits per heavy atom. The number of nitrogens with one attached hydrogen (secondary N) is 1. The van der Waals surface area contributed by atoms with Crippen LogP contribution in [0.15, 0.2) is 29.2 Å². The summed E-state index contributed by atoms with van der Waals surface area (Å²) in [6.45, 7) is -1.37. The predicted molar refractivity (Wildman–Crippen MR) is 76.9 cm³/mol. The Labute approximate surface area is 131 Å². The molecule has 1 N–H and O–H groups in total. The number of amides is 1. The summed E-state index contributed by atoms with van der Waals surface area (Å²) in [7, 11) is 0. The van der Waals surface area contributed by atoms with Gasteiger partial charge in [0.2, 0.25) is 5.91 Å². The molecule has 1 aromatic heterocycles. The summed E-state index contributed by atoms with van der Waals surface area (Å²) >= 11 is 0. The number of halogens is 3. The first-order chi connectivity index (χ1) is 10.8. The van der Waals surface area contributed by atoms with Crippen molar-refractivity contribution in [1.29, 1.82) is 0 Å². The Kier molecular flexibility index (Phi) is 5.81. The second-order valence-corrected chi connectivity index (χ2v) is 5.65. The first kappa shape index (κ1) is 17.5. The molecular formula is C15H19F3N2O3. The number of aromatic nitrogens is 1. The van der Waals surface area contributed by atoms with Gasteiger partial charge in [-0.25, -0.2) is 0 Å². The maximum absolute atomic E-state index is 12.2. The summed E-state index contributed by atoms with van der Waals surface area (Å²) in [6, 6.07) is 4.36. The SMILES string of the molecule is O=C(Cn1ccccc1=O)NC1CCCC(OCC(F)(F)F)C1. The number of rotatable bonds is 5. The highest BCUT2D eigenvalue weighted by atomic mass is 19.4. The maximum atomic E-state index is 12.2. The fraction of sp³-hybridized carbons (Fsp3) is 0.600. The van der Waals surface area contributed by atoms with E-state index in [1.165, 1.54) is 16.8 Å². The monoisotopic (exact) mass is 332 g/mol. The fourth-order valence-corrected chi connectivity index (χ4v) is 2.66. The highest BCUT2D eigenvalue weighted by Crippen LogP contribution is 2.24. The Hall–Kier alpha value is -1.83. The standard InChI is InChI=1S/C15H19F3N2O3/c16-15(17,18)10-23-12-5-3-4-11(8-12)19-13(21)9-20-7-2-1-6-14(20)22/h1-2,6-7,11-12H,3-5,8-10H2,(H,19,21). The second-order valence-electron chi connectivity index (χ2n) is 5.65. The minimum atomic E-state index is -4.34. The minimum Gasteiger partial charge on any atom is -0.369 e. The van der Waals surface area contributed by atoms with Crippen molar-refractivity contribution in [1.82, 2.24) is 9.88 Å². The summed E-state index contributed by atoms with van der Waals surface area (Å²) < 4.78 is 42.7. The second kappa shape index (κ2) is 7.63. The molecule has 1 aromatic rings. The predicted octanol–water partition coefficient (Wildman–Crippen LogP) is 1.85. The van der Waals surface area contributed by atoms with Crippen LogP contribution in [0.3, 0.4) is 0 Å². The number of hydrogen-bond acceptors (Lipinski definition) is 3. The van der Waals surface area contributed by atoms with E-state index < -0.39 is 18.9 Å². The Bertz CT molecular complexity index is 586. The van der Waals surface area contributed by atoms with Gasteiger partial charge in [0.15, 0.2) is 0 Å². The molecule has 23 heavy (non-hydrogen) atoms. The van der Waals surface area contributed by atoms with Crippen LogP contribution in [-0.4, -0.2) is 35.4 Å². The van der Waals surface area contributed by atoms with Gasteiger partial charge in [-0.2, -0.15) is 13.2 Å². The molecule has 2 rings (SSSR count). The molecule has 0 aliphatic heterocycles. The van der Waals surface area contributed by atoms with Crippen LogP contribution in [0.2, 0.25) is 0 Å². The molecule has 0 saturated heterocycles. The summed E-state index contributed by atoms with van der Waals surface area (Å²) in [5.74, 6) is -0.334. The van der Waals surface area contributed by atoms with E-state index in [2.05, 4.69) is 5.32 Å². The van der Waals surface area contributed by atoms with Crippen LogP contribution in [0.4, 0.5) is 13.2 Å². The molecule has 0 bridgehead atoms. The number of nitrogens with zero attached hydrogens (tertiary/aromatic N) is 1. The Morgan fingerprint density at radius 3 is 2.83 bits per heavy atom. The van der Waals surface area contributed by atoms with E-state index in [-0.39, 0.29) is 24.1 Å². The summed E-state index contributed by atoms with van der Waals surface area (Å²) in [5, 5.41) is 2.76. The molecule has 0 radical (unpaired) electrons.